The fraction of sp³-hybridized carbons (Fsp3) is 0.353. The van der Waals surface area contributed by atoms with Crippen LogP contribution in [-0.2, 0) is 16.8 Å². The third-order valence-corrected chi connectivity index (χ3v) is 5.36. The van der Waals surface area contributed by atoms with Gasteiger partial charge in [-0.3, -0.25) is 9.69 Å². The van der Waals surface area contributed by atoms with Crippen LogP contribution < -0.4 is 5.32 Å². The fourth-order valence-corrected chi connectivity index (χ4v) is 3.77. The molecule has 6 heteroatoms. The number of nitrogens with zero attached hydrogens (tertiary/aromatic N) is 2. The highest BCUT2D eigenvalue weighted by atomic mass is 32.1. The van der Waals surface area contributed by atoms with Crippen LogP contribution in [0.1, 0.15) is 28.6 Å². The van der Waals surface area contributed by atoms with Gasteiger partial charge in [0.05, 0.1) is 11.2 Å². The van der Waals surface area contributed by atoms with E-state index in [9.17, 15) is 9.59 Å². The van der Waals surface area contributed by atoms with E-state index in [-0.39, 0.29) is 11.9 Å². The lowest BCUT2D eigenvalue weighted by Gasteiger charge is -2.24. The Morgan fingerprint density at radius 3 is 2.65 bits per heavy atom. The molecule has 1 aliphatic heterocycles. The Morgan fingerprint density at radius 2 is 2.00 bits per heavy atom. The predicted molar refractivity (Wildman–Crippen MR) is 89.3 cm³/mol. The molecular formula is C17H19N3O2S. The Hall–Kier alpha value is -2.21. The lowest BCUT2D eigenvalue weighted by atomic mass is 9.88. The second kappa shape index (κ2) is 5.77. The molecule has 120 valence electrons. The van der Waals surface area contributed by atoms with Gasteiger partial charge in [-0.1, -0.05) is 24.3 Å². The molecule has 0 saturated carbocycles. The van der Waals surface area contributed by atoms with Crippen LogP contribution >= 0.6 is 11.3 Å². The minimum Gasteiger partial charge on any atom is -0.319 e. The van der Waals surface area contributed by atoms with Crippen LogP contribution in [0.2, 0.25) is 0 Å². The number of imide groups is 1. The van der Waals surface area contributed by atoms with Gasteiger partial charge in [0.25, 0.3) is 5.91 Å². The zero-order valence-corrected chi connectivity index (χ0v) is 14.2. The highest BCUT2D eigenvalue weighted by Gasteiger charge is 2.49. The topological polar surface area (TPSA) is 62.3 Å². The first-order valence-electron chi connectivity index (χ1n) is 7.52. The van der Waals surface area contributed by atoms with Gasteiger partial charge < -0.3 is 5.32 Å². The molecule has 0 radical (unpaired) electrons. The summed E-state index contributed by atoms with van der Waals surface area (Å²) in [5.41, 5.74) is 3.58. The van der Waals surface area contributed by atoms with Crippen molar-refractivity contribution in [3.05, 3.63) is 51.5 Å². The van der Waals surface area contributed by atoms with Crippen molar-refractivity contribution >= 4 is 23.3 Å². The summed E-state index contributed by atoms with van der Waals surface area (Å²) in [5.74, 6) is -0.195. The first-order valence-corrected chi connectivity index (χ1v) is 8.40. The first-order chi connectivity index (χ1) is 10.9. The van der Waals surface area contributed by atoms with E-state index in [1.165, 1.54) is 4.90 Å². The average molecular weight is 329 g/mol. The van der Waals surface area contributed by atoms with Gasteiger partial charge in [-0.05, 0) is 31.9 Å². The number of amides is 3. The smallest absolute Gasteiger partial charge is 0.319 e. The molecule has 1 atom stereocenters. The van der Waals surface area contributed by atoms with Crippen molar-refractivity contribution in [2.75, 3.05) is 6.54 Å². The zero-order chi connectivity index (χ0) is 16.6. The van der Waals surface area contributed by atoms with Crippen molar-refractivity contribution in [3.8, 4) is 0 Å². The third kappa shape index (κ3) is 2.63. The standard InChI is InChI=1S/C17H19N3O2S/c1-11-6-4-5-7-13(11)17(3)15(21)20(16(22)19-17)9-8-14-12(2)18-10-23-14/h4-7,10H,8-9H2,1-3H3,(H,19,22)/t17-/m1/s1. The molecule has 1 fully saturated rings. The first kappa shape index (κ1) is 15.7. The number of nitrogens with one attached hydrogen (secondary N) is 1. The second-order valence-corrected chi connectivity index (χ2v) is 6.88. The van der Waals surface area contributed by atoms with Gasteiger partial charge in [0.2, 0.25) is 0 Å². The van der Waals surface area contributed by atoms with Crippen molar-refractivity contribution in [1.29, 1.82) is 0 Å². The maximum absolute atomic E-state index is 12.9. The van der Waals surface area contributed by atoms with Crippen LogP contribution in [0.15, 0.2) is 29.8 Å². The predicted octanol–water partition coefficient (Wildman–Crippen LogP) is 2.77. The lowest BCUT2D eigenvalue weighted by Crippen LogP contribution is -2.41. The number of thiazole rings is 1. The van der Waals surface area contributed by atoms with Crippen molar-refractivity contribution in [3.63, 3.8) is 0 Å². The van der Waals surface area contributed by atoms with E-state index in [1.54, 1.807) is 23.8 Å². The molecule has 3 rings (SSSR count). The summed E-state index contributed by atoms with van der Waals surface area (Å²) < 4.78 is 0. The Labute approximate surface area is 139 Å². The Kier molecular flexibility index (Phi) is 3.93. The molecule has 2 heterocycles. The number of benzene rings is 1. The van der Waals surface area contributed by atoms with E-state index >= 15 is 0 Å². The number of hydrogen-bond acceptors (Lipinski definition) is 4. The van der Waals surface area contributed by atoms with Gasteiger partial charge in [0.15, 0.2) is 0 Å². The number of aromatic nitrogens is 1. The zero-order valence-electron chi connectivity index (χ0n) is 13.4. The van der Waals surface area contributed by atoms with Crippen LogP contribution in [0.3, 0.4) is 0 Å². The summed E-state index contributed by atoms with van der Waals surface area (Å²) in [6.45, 7) is 6.03. The summed E-state index contributed by atoms with van der Waals surface area (Å²) in [4.78, 5) is 31.8. The molecule has 0 spiro atoms. The third-order valence-electron chi connectivity index (χ3n) is 4.37. The SMILES string of the molecule is Cc1ccccc1[C@@]1(C)NC(=O)N(CCc2scnc2C)C1=O. The Bertz CT molecular complexity index is 771. The summed E-state index contributed by atoms with van der Waals surface area (Å²) >= 11 is 1.55. The molecular weight excluding hydrogens is 310 g/mol. The molecule has 0 bridgehead atoms. The molecule has 1 N–H and O–H groups in total. The number of hydrogen-bond donors (Lipinski definition) is 1. The van der Waals surface area contributed by atoms with E-state index in [4.69, 9.17) is 0 Å². The Balaban J connectivity index is 1.82. The molecule has 1 aromatic heterocycles. The molecule has 3 amide bonds. The number of rotatable bonds is 4. The van der Waals surface area contributed by atoms with Crippen molar-refractivity contribution < 1.29 is 9.59 Å². The summed E-state index contributed by atoms with van der Waals surface area (Å²) in [6, 6.07) is 7.32. The van der Waals surface area contributed by atoms with Crippen LogP contribution in [0.4, 0.5) is 4.79 Å². The van der Waals surface area contributed by atoms with Gasteiger partial charge in [0, 0.05) is 17.8 Å². The van der Waals surface area contributed by atoms with Crippen molar-refractivity contribution in [1.82, 2.24) is 15.2 Å². The summed E-state index contributed by atoms with van der Waals surface area (Å²) in [6.07, 6.45) is 0.638. The number of aryl methyl sites for hydroxylation is 2. The average Bonchev–Trinajstić information content (AvgIpc) is 3.01. The minimum atomic E-state index is -0.995. The largest absolute Gasteiger partial charge is 0.325 e. The quantitative estimate of drug-likeness (QED) is 0.877. The number of carbonyl (C=O) groups is 2. The molecule has 1 aliphatic rings. The molecule has 1 aromatic carbocycles. The van der Waals surface area contributed by atoms with Gasteiger partial charge in [-0.15, -0.1) is 11.3 Å². The monoisotopic (exact) mass is 329 g/mol. The second-order valence-electron chi connectivity index (χ2n) is 5.94. The van der Waals surface area contributed by atoms with Gasteiger partial charge in [-0.2, -0.15) is 0 Å². The molecule has 2 aromatic rings. The molecule has 23 heavy (non-hydrogen) atoms. The Morgan fingerprint density at radius 1 is 1.26 bits per heavy atom. The van der Waals surface area contributed by atoms with Crippen LogP contribution in [0, 0.1) is 13.8 Å². The van der Waals surface area contributed by atoms with Crippen molar-refractivity contribution in [2.45, 2.75) is 32.7 Å². The van der Waals surface area contributed by atoms with Crippen LogP contribution in [0.5, 0.6) is 0 Å². The number of carbonyl (C=O) groups excluding carboxylic acids is 2. The molecule has 0 unspecified atom stereocenters. The normalized spacial score (nSPS) is 20.9. The molecule has 0 aliphatic carbocycles. The van der Waals surface area contributed by atoms with Crippen LogP contribution in [-0.4, -0.2) is 28.4 Å². The van der Waals surface area contributed by atoms with E-state index in [0.29, 0.717) is 13.0 Å². The van der Waals surface area contributed by atoms with E-state index < -0.39 is 5.54 Å². The minimum absolute atomic E-state index is 0.195. The molecule has 5 nitrogen and oxygen atoms in total. The van der Waals surface area contributed by atoms with Gasteiger partial charge in [0.1, 0.15) is 5.54 Å². The maximum atomic E-state index is 12.9. The fourth-order valence-electron chi connectivity index (χ4n) is 3.00. The van der Waals surface area contributed by atoms with Crippen LogP contribution in [0.25, 0.3) is 0 Å². The highest BCUT2D eigenvalue weighted by Crippen LogP contribution is 2.31. The van der Waals surface area contributed by atoms with E-state index in [0.717, 1.165) is 21.7 Å². The van der Waals surface area contributed by atoms with Crippen molar-refractivity contribution in [2.24, 2.45) is 0 Å². The lowest BCUT2D eigenvalue weighted by molar-refractivity contribution is -0.131. The van der Waals surface area contributed by atoms with Gasteiger partial charge >= 0.3 is 6.03 Å². The van der Waals surface area contributed by atoms with E-state index in [2.05, 4.69) is 10.3 Å². The molecule has 1 saturated heterocycles. The van der Waals surface area contributed by atoms with E-state index in [1.807, 2.05) is 38.1 Å². The maximum Gasteiger partial charge on any atom is 0.325 e. The summed E-state index contributed by atoms with van der Waals surface area (Å²) in [5, 5.41) is 2.86. The number of urea groups is 1. The summed E-state index contributed by atoms with van der Waals surface area (Å²) in [7, 11) is 0. The highest BCUT2D eigenvalue weighted by molar-refractivity contribution is 7.09. The van der Waals surface area contributed by atoms with Gasteiger partial charge in [-0.25, -0.2) is 9.78 Å².